The monoisotopic (exact) mass is 260 g/mol. The highest BCUT2D eigenvalue weighted by Gasteiger charge is 2.36. The van der Waals surface area contributed by atoms with E-state index in [4.69, 9.17) is 10.8 Å². The molecule has 98 valence electrons. The van der Waals surface area contributed by atoms with Crippen LogP contribution in [0.1, 0.15) is 20.3 Å². The van der Waals surface area contributed by atoms with Crippen LogP contribution >= 0.6 is 11.8 Å². The van der Waals surface area contributed by atoms with Crippen LogP contribution in [-0.2, 0) is 9.59 Å². The van der Waals surface area contributed by atoms with E-state index in [1.54, 1.807) is 30.5 Å². The number of aliphatic carboxylic acids is 1. The lowest BCUT2D eigenvalue weighted by Gasteiger charge is -2.39. The molecule has 1 atom stereocenters. The molecule has 3 N–H and O–H groups in total. The first kappa shape index (κ1) is 14.3. The minimum Gasteiger partial charge on any atom is -0.481 e. The topological polar surface area (TPSA) is 83.6 Å². The molecular formula is C11H20N2O3S. The molecule has 1 unspecified atom stereocenters. The van der Waals surface area contributed by atoms with Gasteiger partial charge in [0.25, 0.3) is 0 Å². The first-order valence-electron chi connectivity index (χ1n) is 5.69. The average molecular weight is 260 g/mol. The summed E-state index contributed by atoms with van der Waals surface area (Å²) in [7, 11) is 0. The van der Waals surface area contributed by atoms with Gasteiger partial charge < -0.3 is 15.7 Å². The lowest BCUT2D eigenvalue weighted by molar-refractivity contribution is -0.144. The van der Waals surface area contributed by atoms with Crippen LogP contribution in [0.4, 0.5) is 0 Å². The molecule has 6 heteroatoms. The maximum Gasteiger partial charge on any atom is 0.305 e. The number of hydrogen-bond donors (Lipinski definition) is 2. The van der Waals surface area contributed by atoms with Gasteiger partial charge in [-0.1, -0.05) is 0 Å². The zero-order chi connectivity index (χ0) is 13.1. The first-order chi connectivity index (χ1) is 7.88. The summed E-state index contributed by atoms with van der Waals surface area (Å²) >= 11 is 1.70. The first-order valence-corrected chi connectivity index (χ1v) is 6.84. The summed E-state index contributed by atoms with van der Waals surface area (Å²) in [4.78, 5) is 24.8. The number of carbonyl (C=O) groups is 2. The number of nitrogens with two attached hydrogens (primary N) is 1. The van der Waals surface area contributed by atoms with Crippen molar-refractivity contribution in [2.45, 2.75) is 26.3 Å². The van der Waals surface area contributed by atoms with Crippen LogP contribution < -0.4 is 5.73 Å². The minimum atomic E-state index is -0.860. The Morgan fingerprint density at radius 3 is 2.71 bits per heavy atom. The fraction of sp³-hybridized carbons (Fsp3) is 0.818. The molecule has 0 aromatic heterocycles. The Hall–Kier alpha value is -0.750. The van der Waals surface area contributed by atoms with E-state index < -0.39 is 11.4 Å². The van der Waals surface area contributed by atoms with E-state index in [2.05, 4.69) is 0 Å². The highest BCUT2D eigenvalue weighted by molar-refractivity contribution is 7.99. The van der Waals surface area contributed by atoms with Gasteiger partial charge in [-0.05, 0) is 13.8 Å². The number of carbonyl (C=O) groups excluding carboxylic acids is 1. The van der Waals surface area contributed by atoms with Crippen molar-refractivity contribution in [1.29, 1.82) is 0 Å². The number of amides is 1. The summed E-state index contributed by atoms with van der Waals surface area (Å²) in [6, 6.07) is -0.204. The van der Waals surface area contributed by atoms with Crippen molar-refractivity contribution in [1.82, 2.24) is 4.90 Å². The smallest absolute Gasteiger partial charge is 0.305 e. The molecule has 1 rings (SSSR count). The third-order valence-electron chi connectivity index (χ3n) is 2.99. The molecule has 1 heterocycles. The van der Waals surface area contributed by atoms with Gasteiger partial charge in [-0.25, -0.2) is 0 Å². The zero-order valence-electron chi connectivity index (χ0n) is 10.3. The Kier molecular flexibility index (Phi) is 4.82. The van der Waals surface area contributed by atoms with Gasteiger partial charge in [0.1, 0.15) is 0 Å². The van der Waals surface area contributed by atoms with Crippen molar-refractivity contribution >= 4 is 23.6 Å². The molecule has 0 saturated carbocycles. The van der Waals surface area contributed by atoms with E-state index in [1.165, 1.54) is 0 Å². The van der Waals surface area contributed by atoms with Gasteiger partial charge >= 0.3 is 5.97 Å². The van der Waals surface area contributed by atoms with Crippen molar-refractivity contribution < 1.29 is 14.7 Å². The van der Waals surface area contributed by atoms with E-state index in [1.807, 2.05) is 0 Å². The molecule has 5 nitrogen and oxygen atoms in total. The van der Waals surface area contributed by atoms with Crippen LogP contribution in [0.5, 0.6) is 0 Å². The average Bonchev–Trinajstić information content (AvgIpc) is 2.28. The molecule has 1 fully saturated rings. The maximum atomic E-state index is 12.3. The fourth-order valence-corrected chi connectivity index (χ4v) is 2.83. The van der Waals surface area contributed by atoms with Crippen LogP contribution in [0.25, 0.3) is 0 Å². The highest BCUT2D eigenvalue weighted by Crippen LogP contribution is 2.25. The predicted octanol–water partition coefficient (Wildman–Crippen LogP) is 0.390. The third kappa shape index (κ3) is 3.61. The van der Waals surface area contributed by atoms with Crippen LogP contribution in [0.2, 0.25) is 0 Å². The van der Waals surface area contributed by atoms with E-state index in [0.29, 0.717) is 12.3 Å². The number of nitrogens with zero attached hydrogens (tertiary/aromatic N) is 1. The van der Waals surface area contributed by atoms with E-state index in [9.17, 15) is 9.59 Å². The highest BCUT2D eigenvalue weighted by atomic mass is 32.2. The maximum absolute atomic E-state index is 12.3. The standard InChI is InChI=1S/C11H20N2O3S/c1-11(2,7-12)10(16)13-3-4-17-6-8(13)5-9(14)15/h8H,3-7,12H2,1-2H3,(H,14,15). The van der Waals surface area contributed by atoms with Gasteiger partial charge in [0.15, 0.2) is 0 Å². The van der Waals surface area contributed by atoms with Crippen molar-refractivity contribution in [2.24, 2.45) is 11.1 Å². The van der Waals surface area contributed by atoms with Crippen LogP contribution in [-0.4, -0.2) is 52.5 Å². The lowest BCUT2D eigenvalue weighted by atomic mass is 9.91. The molecule has 1 saturated heterocycles. The largest absolute Gasteiger partial charge is 0.481 e. The normalized spacial score (nSPS) is 21.4. The lowest BCUT2D eigenvalue weighted by Crippen LogP contribution is -2.53. The van der Waals surface area contributed by atoms with Gasteiger partial charge in [0.2, 0.25) is 5.91 Å². The summed E-state index contributed by atoms with van der Waals surface area (Å²) in [5, 5.41) is 8.85. The second kappa shape index (κ2) is 5.73. The van der Waals surface area contributed by atoms with Gasteiger partial charge in [-0.2, -0.15) is 11.8 Å². The Morgan fingerprint density at radius 2 is 2.18 bits per heavy atom. The molecule has 17 heavy (non-hydrogen) atoms. The number of carboxylic acid groups (broad SMARTS) is 1. The van der Waals surface area contributed by atoms with E-state index in [-0.39, 0.29) is 24.9 Å². The zero-order valence-corrected chi connectivity index (χ0v) is 11.1. The van der Waals surface area contributed by atoms with Crippen molar-refractivity contribution in [3.63, 3.8) is 0 Å². The molecule has 0 spiro atoms. The molecule has 0 aliphatic carbocycles. The summed E-state index contributed by atoms with van der Waals surface area (Å²) in [5.41, 5.74) is 4.98. The molecule has 0 radical (unpaired) electrons. The summed E-state index contributed by atoms with van der Waals surface area (Å²) < 4.78 is 0. The fourth-order valence-electron chi connectivity index (χ4n) is 1.77. The van der Waals surface area contributed by atoms with Crippen LogP contribution in [0, 0.1) is 5.41 Å². The SMILES string of the molecule is CC(C)(CN)C(=O)N1CCSCC1CC(=O)O. The van der Waals surface area contributed by atoms with Crippen molar-refractivity contribution in [3.05, 3.63) is 0 Å². The van der Waals surface area contributed by atoms with Gasteiger partial charge in [-0.3, -0.25) is 9.59 Å². The molecule has 1 aliphatic rings. The van der Waals surface area contributed by atoms with E-state index >= 15 is 0 Å². The second-order valence-corrected chi connectivity index (χ2v) is 6.06. The molecule has 0 bridgehead atoms. The molecule has 1 amide bonds. The van der Waals surface area contributed by atoms with E-state index in [0.717, 1.165) is 5.75 Å². The molecule has 1 aliphatic heterocycles. The van der Waals surface area contributed by atoms with Gasteiger partial charge in [0.05, 0.1) is 17.9 Å². The summed E-state index contributed by atoms with van der Waals surface area (Å²) in [5.74, 6) is 0.661. The number of rotatable bonds is 4. The Bertz CT molecular complexity index is 307. The van der Waals surface area contributed by atoms with Crippen LogP contribution in [0.15, 0.2) is 0 Å². The Morgan fingerprint density at radius 1 is 1.53 bits per heavy atom. The van der Waals surface area contributed by atoms with Gasteiger partial charge in [-0.15, -0.1) is 0 Å². The number of carboxylic acids is 1. The summed E-state index contributed by atoms with van der Waals surface area (Å²) in [6.07, 6.45) is 0.0133. The second-order valence-electron chi connectivity index (χ2n) is 4.91. The van der Waals surface area contributed by atoms with Gasteiger partial charge in [0, 0.05) is 24.6 Å². The number of thioether (sulfide) groups is 1. The molecule has 0 aromatic rings. The van der Waals surface area contributed by atoms with Crippen molar-refractivity contribution in [2.75, 3.05) is 24.6 Å². The Labute approximate surface area is 106 Å². The third-order valence-corrected chi connectivity index (χ3v) is 4.08. The minimum absolute atomic E-state index is 0.0133. The van der Waals surface area contributed by atoms with Crippen LogP contribution in [0.3, 0.4) is 0 Å². The number of hydrogen-bond acceptors (Lipinski definition) is 4. The predicted molar refractivity (Wildman–Crippen MR) is 67.9 cm³/mol. The quantitative estimate of drug-likeness (QED) is 0.764. The van der Waals surface area contributed by atoms with Crippen molar-refractivity contribution in [3.8, 4) is 0 Å². The summed E-state index contributed by atoms with van der Waals surface area (Å²) in [6.45, 7) is 4.49. The molecule has 0 aromatic carbocycles. The molecular weight excluding hydrogens is 240 g/mol. The Balaban J connectivity index is 2.77.